The molecule has 0 amide bonds. The molecule has 53 heavy (non-hydrogen) atoms. The number of carbonyl (C=O) groups excluding carboxylic acids is 7. The van der Waals surface area contributed by atoms with E-state index in [0.29, 0.717) is 0 Å². The van der Waals surface area contributed by atoms with Crippen LogP contribution in [0.15, 0.2) is 42.5 Å². The molecule has 2 N–H and O–H groups in total. The molecule has 1 aromatic carbocycles. The number of ether oxygens (including phenoxy) is 7. The summed E-state index contributed by atoms with van der Waals surface area (Å²) in [5.74, 6) is -13.1. The summed E-state index contributed by atoms with van der Waals surface area (Å²) >= 11 is 0. The van der Waals surface area contributed by atoms with E-state index in [2.05, 4.69) is 6.58 Å². The number of hydrogen-bond donors (Lipinski definition) is 2. The van der Waals surface area contributed by atoms with Gasteiger partial charge in [0, 0.05) is 52.0 Å². The largest absolute Gasteiger partial charge is 0.459 e. The minimum atomic E-state index is -2.89. The third-order valence-electron chi connectivity index (χ3n) is 10.1. The van der Waals surface area contributed by atoms with Gasteiger partial charge in [-0.05, 0) is 19.1 Å². The van der Waals surface area contributed by atoms with Crippen LogP contribution in [-0.2, 0) is 61.9 Å². The van der Waals surface area contributed by atoms with Crippen LogP contribution in [0.25, 0.3) is 0 Å². The average molecular weight is 747 g/mol. The quantitative estimate of drug-likeness (QED) is 0.231. The molecular weight excluding hydrogens is 700 g/mol. The summed E-state index contributed by atoms with van der Waals surface area (Å²) in [4.78, 5) is 92.6. The second kappa shape index (κ2) is 14.6. The van der Waals surface area contributed by atoms with Gasteiger partial charge in [0.2, 0.25) is 5.79 Å². The standard InChI is InChI=1S/C37H46O16/c1-17-27(47-19(3)38)25-30(49-21(5)40)35(10,45)16-36(25,52-23(7)42)37(46)18(2)26(43)31(53-37)34(8,9)32(50-22(6)41)29(28(17)48-20(4)39)51-33(44)24-14-12-11-13-15-24/h11-15,18,25,27-32,45-46H,1,16H2,2-10H3/t18-,25+,27+,28+,29-,30+,31+,32+,35-,36-,37-/m1/s1. The van der Waals surface area contributed by atoms with Gasteiger partial charge in [-0.1, -0.05) is 45.5 Å². The summed E-state index contributed by atoms with van der Waals surface area (Å²) in [7, 11) is 0. The molecule has 2 aliphatic heterocycles. The summed E-state index contributed by atoms with van der Waals surface area (Å²) in [6.07, 6.45) is -11.8. The highest BCUT2D eigenvalue weighted by Gasteiger charge is 2.79. The van der Waals surface area contributed by atoms with Crippen LogP contribution in [0.3, 0.4) is 0 Å². The van der Waals surface area contributed by atoms with Crippen LogP contribution in [0.1, 0.15) is 79.1 Å². The van der Waals surface area contributed by atoms with E-state index >= 15 is 0 Å². The van der Waals surface area contributed by atoms with Crippen molar-refractivity contribution >= 4 is 41.6 Å². The Morgan fingerprint density at radius 1 is 0.755 bits per heavy atom. The number of Topliss-reactive ketones (excluding diaryl/α,β-unsaturated/α-hetero) is 1. The van der Waals surface area contributed by atoms with Crippen LogP contribution in [0.5, 0.6) is 0 Å². The zero-order valence-electron chi connectivity index (χ0n) is 31.0. The van der Waals surface area contributed by atoms with E-state index in [-0.39, 0.29) is 5.56 Å². The smallest absolute Gasteiger partial charge is 0.338 e. The molecule has 16 nitrogen and oxygen atoms in total. The summed E-state index contributed by atoms with van der Waals surface area (Å²) in [5, 5.41) is 24.8. The number of hydrogen-bond acceptors (Lipinski definition) is 16. The van der Waals surface area contributed by atoms with Gasteiger partial charge in [-0.2, -0.15) is 0 Å². The topological polar surface area (TPSA) is 225 Å². The molecule has 0 radical (unpaired) electrons. The maximum atomic E-state index is 14.4. The SMILES string of the molecule is C=C1[C@H](OC(C)=O)[C@@H](OC(=O)c2ccccc2)[C@H](OC(C)=O)C(C)(C)[C@H]2O[C@](O)([C@H](C)C2=O)[C@@]2(OC(C)=O)C[C@@](C)(O)[C@@H](OC(C)=O)[C@@H]2[C@H]1OC(C)=O. The highest BCUT2D eigenvalue weighted by molar-refractivity contribution is 5.90. The van der Waals surface area contributed by atoms with Crippen LogP contribution in [0, 0.1) is 17.3 Å². The van der Waals surface area contributed by atoms with Gasteiger partial charge in [0.05, 0.1) is 17.4 Å². The first-order valence-electron chi connectivity index (χ1n) is 16.9. The number of benzene rings is 1. The molecule has 1 aromatic rings. The Hall–Kier alpha value is -4.67. The second-order valence-corrected chi connectivity index (χ2v) is 14.6. The van der Waals surface area contributed by atoms with Crippen molar-refractivity contribution in [2.45, 2.75) is 122 Å². The van der Waals surface area contributed by atoms with E-state index < -0.39 is 124 Å². The molecule has 0 aromatic heterocycles. The Kier molecular flexibility index (Phi) is 11.3. The van der Waals surface area contributed by atoms with Crippen LogP contribution < -0.4 is 0 Å². The van der Waals surface area contributed by atoms with Crippen molar-refractivity contribution in [3.8, 4) is 0 Å². The summed E-state index contributed by atoms with van der Waals surface area (Å²) < 4.78 is 41.3. The lowest BCUT2D eigenvalue weighted by Crippen LogP contribution is -2.66. The molecule has 290 valence electrons. The van der Waals surface area contributed by atoms with Crippen molar-refractivity contribution in [2.24, 2.45) is 17.3 Å². The molecule has 3 fully saturated rings. The van der Waals surface area contributed by atoms with Gasteiger partial charge in [0.25, 0.3) is 0 Å². The summed E-state index contributed by atoms with van der Waals surface area (Å²) in [5.41, 5.74) is -7.00. The number of rotatable bonds is 7. The minimum Gasteiger partial charge on any atom is -0.459 e. The van der Waals surface area contributed by atoms with Crippen molar-refractivity contribution in [3.63, 3.8) is 0 Å². The van der Waals surface area contributed by atoms with Crippen molar-refractivity contribution in [1.82, 2.24) is 0 Å². The number of ketones is 1. The Balaban J connectivity index is 2.19. The lowest BCUT2D eigenvalue weighted by molar-refractivity contribution is -0.334. The fourth-order valence-electron chi connectivity index (χ4n) is 7.98. The van der Waals surface area contributed by atoms with Crippen molar-refractivity contribution in [2.75, 3.05) is 0 Å². The Morgan fingerprint density at radius 2 is 1.26 bits per heavy atom. The third-order valence-corrected chi connectivity index (χ3v) is 10.1. The maximum absolute atomic E-state index is 14.4. The first-order valence-corrected chi connectivity index (χ1v) is 16.9. The van der Waals surface area contributed by atoms with Gasteiger partial charge in [-0.3, -0.25) is 28.8 Å². The van der Waals surface area contributed by atoms with E-state index in [4.69, 9.17) is 33.2 Å². The molecule has 1 saturated carbocycles. The van der Waals surface area contributed by atoms with Gasteiger partial charge >= 0.3 is 35.8 Å². The molecule has 0 unspecified atom stereocenters. The number of esters is 6. The number of fused-ring (bicyclic) bond motifs is 4. The number of carbonyl (C=O) groups is 7. The highest BCUT2D eigenvalue weighted by Crippen LogP contribution is 2.60. The highest BCUT2D eigenvalue weighted by atomic mass is 16.7. The predicted octanol–water partition coefficient (Wildman–Crippen LogP) is 1.90. The van der Waals surface area contributed by atoms with Crippen molar-refractivity contribution in [3.05, 3.63) is 48.0 Å². The maximum Gasteiger partial charge on any atom is 0.338 e. The van der Waals surface area contributed by atoms with Crippen LogP contribution in [-0.4, -0.2) is 105 Å². The third kappa shape index (κ3) is 7.44. The molecule has 3 aliphatic rings. The Bertz CT molecular complexity index is 1680. The van der Waals surface area contributed by atoms with E-state index in [0.717, 1.165) is 34.6 Å². The van der Waals surface area contributed by atoms with Crippen LogP contribution in [0.4, 0.5) is 0 Å². The van der Waals surface area contributed by atoms with Gasteiger partial charge < -0.3 is 43.4 Å². The molecule has 2 heterocycles. The van der Waals surface area contributed by atoms with Gasteiger partial charge in [0.15, 0.2) is 29.7 Å². The second-order valence-electron chi connectivity index (χ2n) is 14.6. The fourth-order valence-corrected chi connectivity index (χ4v) is 7.98. The zero-order chi connectivity index (χ0) is 40.0. The van der Waals surface area contributed by atoms with E-state index in [1.165, 1.54) is 39.8 Å². The molecule has 2 bridgehead atoms. The summed E-state index contributed by atoms with van der Waals surface area (Å²) in [6.45, 7) is 14.4. The Morgan fingerprint density at radius 3 is 1.77 bits per heavy atom. The zero-order valence-corrected chi connectivity index (χ0v) is 31.0. The predicted molar refractivity (Wildman–Crippen MR) is 178 cm³/mol. The van der Waals surface area contributed by atoms with Gasteiger partial charge in [0.1, 0.15) is 23.9 Å². The Labute approximate surface area is 306 Å². The molecule has 11 atom stereocenters. The normalized spacial score (nSPS) is 36.2. The first kappa shape index (κ1) is 41.1. The molecule has 4 rings (SSSR count). The van der Waals surface area contributed by atoms with Crippen molar-refractivity contribution in [1.29, 1.82) is 0 Å². The monoisotopic (exact) mass is 746 g/mol. The van der Waals surface area contributed by atoms with Gasteiger partial charge in [-0.25, -0.2) is 4.79 Å². The van der Waals surface area contributed by atoms with E-state index in [1.54, 1.807) is 18.2 Å². The molecular formula is C37H46O16. The minimum absolute atomic E-state index is 0.0109. The molecule has 1 aliphatic carbocycles. The van der Waals surface area contributed by atoms with E-state index in [9.17, 15) is 43.8 Å². The average Bonchev–Trinajstić information content (AvgIpc) is 3.41. The molecule has 16 heteroatoms. The van der Waals surface area contributed by atoms with Crippen molar-refractivity contribution < 1.29 is 76.9 Å². The lowest BCUT2D eigenvalue weighted by atomic mass is 9.68. The lowest BCUT2D eigenvalue weighted by Gasteiger charge is -2.48. The number of aliphatic hydroxyl groups is 2. The van der Waals surface area contributed by atoms with Crippen LogP contribution >= 0.6 is 0 Å². The summed E-state index contributed by atoms with van der Waals surface area (Å²) in [6, 6.07) is 7.56. The molecule has 0 spiro atoms. The van der Waals surface area contributed by atoms with E-state index in [1.807, 2.05) is 0 Å². The fraction of sp³-hybridized carbons (Fsp3) is 0.595. The first-order chi connectivity index (χ1) is 24.4. The van der Waals surface area contributed by atoms with Gasteiger partial charge in [-0.15, -0.1) is 0 Å². The van der Waals surface area contributed by atoms with Crippen LogP contribution in [0.2, 0.25) is 0 Å². The molecule has 2 saturated heterocycles.